The highest BCUT2D eigenvalue weighted by Crippen LogP contribution is 2.27. The molecule has 3 rings (SSSR count). The normalized spacial score (nSPS) is 15.5. The van der Waals surface area contributed by atoms with E-state index >= 15 is 0 Å². The van der Waals surface area contributed by atoms with E-state index in [4.69, 9.17) is 15.5 Å². The molecule has 0 spiro atoms. The second-order valence-electron chi connectivity index (χ2n) is 7.67. The number of amides is 1. The fraction of sp³-hybridized carbons (Fsp3) is 0.417. The van der Waals surface area contributed by atoms with Crippen LogP contribution in [-0.4, -0.2) is 50.1 Å². The van der Waals surface area contributed by atoms with E-state index in [9.17, 15) is 4.79 Å². The van der Waals surface area contributed by atoms with Crippen LogP contribution in [0.5, 0.6) is 5.75 Å². The molecule has 0 aliphatic carbocycles. The Morgan fingerprint density at radius 3 is 2.55 bits per heavy atom. The highest BCUT2D eigenvalue weighted by Gasteiger charge is 2.24. The lowest BCUT2D eigenvalue weighted by Crippen LogP contribution is -2.42. The van der Waals surface area contributed by atoms with Gasteiger partial charge in [-0.3, -0.25) is 9.69 Å². The van der Waals surface area contributed by atoms with Crippen molar-refractivity contribution in [3.05, 3.63) is 65.2 Å². The van der Waals surface area contributed by atoms with Gasteiger partial charge in [0, 0.05) is 18.7 Å². The summed E-state index contributed by atoms with van der Waals surface area (Å²) in [5.74, 6) is 1.23. The number of rotatable bonds is 9. The van der Waals surface area contributed by atoms with Crippen molar-refractivity contribution in [3.63, 3.8) is 0 Å². The standard InChI is InChI=1S/C24H33N5O2/c1-3-26-24(27-16-18-9-11-19(12-10-18)23(25)30)28-17-22(29-13-4-5-14-29)20-7-6-8-21(15-20)31-2/h6-12,15,22H,3-5,13-14,16-17H2,1-2H3,(H2,25,30)(H2,26,27,28). The number of nitrogens with zero attached hydrogens (tertiary/aromatic N) is 2. The fourth-order valence-electron chi connectivity index (χ4n) is 3.84. The minimum Gasteiger partial charge on any atom is -0.497 e. The number of carbonyl (C=O) groups is 1. The first-order valence-electron chi connectivity index (χ1n) is 10.9. The molecule has 166 valence electrons. The maximum absolute atomic E-state index is 11.2. The quantitative estimate of drug-likeness (QED) is 0.426. The summed E-state index contributed by atoms with van der Waals surface area (Å²) in [6, 6.07) is 15.8. The zero-order chi connectivity index (χ0) is 22.1. The van der Waals surface area contributed by atoms with Gasteiger partial charge in [0.2, 0.25) is 5.91 Å². The minimum absolute atomic E-state index is 0.247. The van der Waals surface area contributed by atoms with Crippen LogP contribution in [0, 0.1) is 0 Å². The Morgan fingerprint density at radius 1 is 1.16 bits per heavy atom. The van der Waals surface area contributed by atoms with Crippen molar-refractivity contribution < 1.29 is 9.53 Å². The second-order valence-corrected chi connectivity index (χ2v) is 7.67. The van der Waals surface area contributed by atoms with Crippen molar-refractivity contribution >= 4 is 11.9 Å². The number of guanidine groups is 1. The molecular formula is C24H33N5O2. The van der Waals surface area contributed by atoms with Crippen LogP contribution < -0.4 is 21.1 Å². The van der Waals surface area contributed by atoms with Crippen LogP contribution in [-0.2, 0) is 6.54 Å². The summed E-state index contributed by atoms with van der Waals surface area (Å²) in [4.78, 5) is 18.5. The zero-order valence-electron chi connectivity index (χ0n) is 18.4. The summed E-state index contributed by atoms with van der Waals surface area (Å²) >= 11 is 0. The van der Waals surface area contributed by atoms with Crippen molar-refractivity contribution in [1.29, 1.82) is 0 Å². The Balaban J connectivity index is 1.70. The average molecular weight is 424 g/mol. The van der Waals surface area contributed by atoms with E-state index in [0.717, 1.165) is 43.5 Å². The van der Waals surface area contributed by atoms with Gasteiger partial charge in [-0.15, -0.1) is 0 Å². The number of primary amides is 1. The molecule has 0 saturated carbocycles. The number of nitrogens with one attached hydrogen (secondary N) is 2. The van der Waals surface area contributed by atoms with Gasteiger partial charge in [-0.2, -0.15) is 0 Å². The third kappa shape index (κ3) is 6.46. The van der Waals surface area contributed by atoms with Crippen LogP contribution >= 0.6 is 0 Å². The summed E-state index contributed by atoms with van der Waals surface area (Å²) in [5, 5.41) is 6.84. The monoisotopic (exact) mass is 423 g/mol. The van der Waals surface area contributed by atoms with Crippen molar-refractivity contribution in [2.24, 2.45) is 10.7 Å². The van der Waals surface area contributed by atoms with Crippen molar-refractivity contribution in [2.75, 3.05) is 33.3 Å². The number of likely N-dealkylation sites (tertiary alicyclic amines) is 1. The third-order valence-electron chi connectivity index (χ3n) is 5.53. The summed E-state index contributed by atoms with van der Waals surface area (Å²) < 4.78 is 5.44. The topological polar surface area (TPSA) is 92.0 Å². The number of benzene rings is 2. The SMILES string of the molecule is CCNC(=NCc1ccc(C(N)=O)cc1)NCC(c1cccc(OC)c1)N1CCCC1. The predicted octanol–water partition coefficient (Wildman–Crippen LogP) is 2.69. The van der Waals surface area contributed by atoms with Crippen molar-refractivity contribution in [1.82, 2.24) is 15.5 Å². The van der Waals surface area contributed by atoms with E-state index in [1.807, 2.05) is 24.3 Å². The third-order valence-corrected chi connectivity index (χ3v) is 5.53. The molecule has 1 saturated heterocycles. The smallest absolute Gasteiger partial charge is 0.248 e. The summed E-state index contributed by atoms with van der Waals surface area (Å²) in [6.07, 6.45) is 2.46. The molecule has 0 aromatic heterocycles. The largest absolute Gasteiger partial charge is 0.497 e. The van der Waals surface area contributed by atoms with Crippen LogP contribution in [0.3, 0.4) is 0 Å². The fourth-order valence-corrected chi connectivity index (χ4v) is 3.84. The minimum atomic E-state index is -0.421. The molecule has 7 heteroatoms. The molecule has 4 N–H and O–H groups in total. The number of methoxy groups -OCH3 is 1. The molecule has 0 bridgehead atoms. The van der Waals surface area contributed by atoms with Crippen molar-refractivity contribution in [2.45, 2.75) is 32.4 Å². The van der Waals surface area contributed by atoms with Crippen LogP contribution in [0.1, 0.15) is 47.3 Å². The lowest BCUT2D eigenvalue weighted by atomic mass is 10.1. The van der Waals surface area contributed by atoms with Crippen LogP contribution in [0.15, 0.2) is 53.5 Å². The number of nitrogens with two attached hydrogens (primary N) is 1. The molecule has 7 nitrogen and oxygen atoms in total. The molecule has 1 aliphatic rings. The predicted molar refractivity (Wildman–Crippen MR) is 124 cm³/mol. The van der Waals surface area contributed by atoms with E-state index in [-0.39, 0.29) is 6.04 Å². The molecule has 2 aromatic carbocycles. The van der Waals surface area contributed by atoms with Gasteiger partial charge in [0.15, 0.2) is 5.96 Å². The van der Waals surface area contributed by atoms with Crippen LogP contribution in [0.4, 0.5) is 0 Å². The maximum atomic E-state index is 11.2. The van der Waals surface area contributed by atoms with E-state index in [1.165, 1.54) is 18.4 Å². The molecule has 1 heterocycles. The Bertz CT molecular complexity index is 876. The Kier molecular flexibility index (Phi) is 8.29. The first kappa shape index (κ1) is 22.6. The molecule has 1 atom stereocenters. The molecule has 1 unspecified atom stereocenters. The Labute approximate surface area is 184 Å². The highest BCUT2D eigenvalue weighted by atomic mass is 16.5. The molecule has 31 heavy (non-hydrogen) atoms. The molecule has 1 aliphatic heterocycles. The van der Waals surface area contributed by atoms with Gasteiger partial charge >= 0.3 is 0 Å². The lowest BCUT2D eigenvalue weighted by Gasteiger charge is -2.29. The van der Waals surface area contributed by atoms with Gasteiger partial charge in [-0.1, -0.05) is 24.3 Å². The summed E-state index contributed by atoms with van der Waals surface area (Å²) in [5.41, 5.74) is 8.08. The zero-order valence-corrected chi connectivity index (χ0v) is 18.4. The van der Waals surface area contributed by atoms with Gasteiger partial charge in [-0.05, 0) is 68.2 Å². The second kappa shape index (κ2) is 11.4. The van der Waals surface area contributed by atoms with Crippen molar-refractivity contribution in [3.8, 4) is 5.75 Å². The highest BCUT2D eigenvalue weighted by molar-refractivity contribution is 5.92. The summed E-state index contributed by atoms with van der Waals surface area (Å²) in [7, 11) is 1.70. The summed E-state index contributed by atoms with van der Waals surface area (Å²) in [6.45, 7) is 6.30. The van der Waals surface area contributed by atoms with Gasteiger partial charge in [0.25, 0.3) is 0 Å². The van der Waals surface area contributed by atoms with E-state index in [2.05, 4.69) is 34.6 Å². The Hall–Kier alpha value is -3.06. The van der Waals surface area contributed by atoms with Gasteiger partial charge in [0.1, 0.15) is 5.75 Å². The lowest BCUT2D eigenvalue weighted by molar-refractivity contribution is 0.100. The number of carbonyl (C=O) groups excluding carboxylic acids is 1. The van der Waals surface area contributed by atoms with E-state index in [1.54, 1.807) is 19.2 Å². The first-order chi connectivity index (χ1) is 15.1. The first-order valence-corrected chi connectivity index (χ1v) is 10.9. The molecule has 1 amide bonds. The molecule has 2 aromatic rings. The number of ether oxygens (including phenoxy) is 1. The van der Waals surface area contributed by atoms with Crippen LogP contribution in [0.25, 0.3) is 0 Å². The van der Waals surface area contributed by atoms with Crippen LogP contribution in [0.2, 0.25) is 0 Å². The average Bonchev–Trinajstić information content (AvgIpc) is 3.32. The molecule has 0 radical (unpaired) electrons. The van der Waals surface area contributed by atoms with Gasteiger partial charge < -0.3 is 21.1 Å². The van der Waals surface area contributed by atoms with Gasteiger partial charge in [-0.25, -0.2) is 4.99 Å². The number of hydrogen-bond acceptors (Lipinski definition) is 4. The number of aliphatic imine (C=N–C) groups is 1. The maximum Gasteiger partial charge on any atom is 0.248 e. The molecular weight excluding hydrogens is 390 g/mol. The molecule has 1 fully saturated rings. The van der Waals surface area contributed by atoms with E-state index < -0.39 is 5.91 Å². The number of hydrogen-bond donors (Lipinski definition) is 3. The van der Waals surface area contributed by atoms with Gasteiger partial charge in [0.05, 0.1) is 19.7 Å². The van der Waals surface area contributed by atoms with E-state index in [0.29, 0.717) is 12.1 Å². The Morgan fingerprint density at radius 2 is 1.90 bits per heavy atom.